The van der Waals surface area contributed by atoms with Crippen LogP contribution in [0.4, 0.5) is 18.9 Å². The van der Waals surface area contributed by atoms with Crippen LogP contribution in [-0.4, -0.2) is 28.2 Å². The molecule has 4 rings (SSSR count). The summed E-state index contributed by atoms with van der Waals surface area (Å²) in [6, 6.07) is 6.21. The van der Waals surface area contributed by atoms with Crippen LogP contribution < -0.4 is 4.90 Å². The second kappa shape index (κ2) is 5.67. The standard InChI is InChI=1S/C19H20F3N3O/c1-17(26,13-3-2-6-23-9-13)14-7-18(8-14)11-25(12-18)15-4-5-16(24-10-15)19(20,21)22/h2-6,9-10,14,26H,7-8,11-12H2,1H3. The van der Waals surface area contributed by atoms with E-state index < -0.39 is 17.5 Å². The van der Waals surface area contributed by atoms with Crippen LogP contribution >= 0.6 is 0 Å². The molecule has 3 heterocycles. The number of aromatic nitrogens is 2. The third-order valence-electron chi connectivity index (χ3n) is 5.86. The number of halogens is 3. The maximum absolute atomic E-state index is 12.6. The maximum Gasteiger partial charge on any atom is 0.433 e. The first-order chi connectivity index (χ1) is 12.2. The van der Waals surface area contributed by atoms with Crippen molar-refractivity contribution in [2.45, 2.75) is 31.5 Å². The Hall–Kier alpha value is -2.15. The van der Waals surface area contributed by atoms with E-state index in [1.807, 2.05) is 24.0 Å². The van der Waals surface area contributed by atoms with Crippen molar-refractivity contribution in [3.05, 3.63) is 54.1 Å². The van der Waals surface area contributed by atoms with Crippen molar-refractivity contribution in [1.29, 1.82) is 0 Å². The van der Waals surface area contributed by atoms with Gasteiger partial charge in [-0.3, -0.25) is 4.98 Å². The molecule has 1 N–H and O–H groups in total. The van der Waals surface area contributed by atoms with Crippen LogP contribution in [0.1, 0.15) is 31.0 Å². The van der Waals surface area contributed by atoms with Crippen LogP contribution in [0.2, 0.25) is 0 Å². The van der Waals surface area contributed by atoms with Crippen LogP contribution in [0.25, 0.3) is 0 Å². The first-order valence-electron chi connectivity index (χ1n) is 8.61. The van der Waals surface area contributed by atoms with Crippen molar-refractivity contribution in [3.8, 4) is 0 Å². The molecule has 0 radical (unpaired) electrons. The Labute approximate surface area is 149 Å². The molecule has 1 spiro atoms. The fourth-order valence-electron chi connectivity index (χ4n) is 4.23. The normalized spacial score (nSPS) is 21.8. The molecule has 2 aliphatic rings. The van der Waals surface area contributed by atoms with Crippen molar-refractivity contribution in [3.63, 3.8) is 0 Å². The molecule has 138 valence electrons. The van der Waals surface area contributed by atoms with Crippen molar-refractivity contribution in [2.75, 3.05) is 18.0 Å². The Kier molecular flexibility index (Phi) is 3.77. The van der Waals surface area contributed by atoms with Gasteiger partial charge in [0.2, 0.25) is 0 Å². The highest BCUT2D eigenvalue weighted by Gasteiger charge is 2.57. The van der Waals surface area contributed by atoms with Gasteiger partial charge in [0.1, 0.15) is 5.69 Å². The highest BCUT2D eigenvalue weighted by molar-refractivity contribution is 5.49. The fraction of sp³-hybridized carbons (Fsp3) is 0.474. The lowest BCUT2D eigenvalue weighted by molar-refractivity contribution is -0.141. The summed E-state index contributed by atoms with van der Waals surface area (Å²) in [4.78, 5) is 9.65. The molecule has 1 aliphatic carbocycles. The molecule has 1 atom stereocenters. The van der Waals surface area contributed by atoms with Crippen LogP contribution in [-0.2, 0) is 11.8 Å². The van der Waals surface area contributed by atoms with Gasteiger partial charge in [-0.25, -0.2) is 4.98 Å². The highest BCUT2D eigenvalue weighted by Crippen LogP contribution is 2.57. The lowest BCUT2D eigenvalue weighted by Crippen LogP contribution is -2.65. The lowest BCUT2D eigenvalue weighted by atomic mass is 9.53. The van der Waals surface area contributed by atoms with Gasteiger partial charge >= 0.3 is 6.18 Å². The third-order valence-corrected chi connectivity index (χ3v) is 5.86. The van der Waals surface area contributed by atoms with E-state index in [-0.39, 0.29) is 11.3 Å². The number of hydrogen-bond donors (Lipinski definition) is 1. The number of rotatable bonds is 3. The average Bonchev–Trinajstić information content (AvgIpc) is 2.52. The molecule has 1 unspecified atom stereocenters. The first kappa shape index (κ1) is 17.3. The van der Waals surface area contributed by atoms with E-state index in [0.717, 1.165) is 37.6 Å². The Morgan fingerprint density at radius 3 is 2.42 bits per heavy atom. The number of alkyl halides is 3. The minimum atomic E-state index is -4.41. The zero-order valence-corrected chi connectivity index (χ0v) is 14.4. The first-order valence-corrected chi connectivity index (χ1v) is 8.61. The van der Waals surface area contributed by atoms with Crippen molar-refractivity contribution in [2.24, 2.45) is 11.3 Å². The summed E-state index contributed by atoms with van der Waals surface area (Å²) in [5, 5.41) is 10.9. The zero-order valence-electron chi connectivity index (χ0n) is 14.4. The van der Waals surface area contributed by atoms with Gasteiger partial charge in [-0.15, -0.1) is 0 Å². The predicted octanol–water partition coefficient (Wildman–Crippen LogP) is 3.62. The molecule has 0 amide bonds. The van der Waals surface area contributed by atoms with Crippen LogP contribution in [0.5, 0.6) is 0 Å². The molecule has 0 bridgehead atoms. The quantitative estimate of drug-likeness (QED) is 0.905. The lowest BCUT2D eigenvalue weighted by Gasteiger charge is -2.62. The van der Waals surface area contributed by atoms with Crippen LogP contribution in [0.3, 0.4) is 0 Å². The van der Waals surface area contributed by atoms with E-state index in [2.05, 4.69) is 9.97 Å². The molecule has 0 aromatic carbocycles. The fourth-order valence-corrected chi connectivity index (χ4v) is 4.23. The summed E-state index contributed by atoms with van der Waals surface area (Å²) in [7, 11) is 0. The largest absolute Gasteiger partial charge is 0.433 e. The second-order valence-corrected chi connectivity index (χ2v) is 7.75. The monoisotopic (exact) mass is 363 g/mol. The Morgan fingerprint density at radius 2 is 1.88 bits per heavy atom. The van der Waals surface area contributed by atoms with Crippen molar-refractivity contribution in [1.82, 2.24) is 9.97 Å². The van der Waals surface area contributed by atoms with Gasteiger partial charge in [0.05, 0.1) is 17.5 Å². The predicted molar refractivity (Wildman–Crippen MR) is 90.4 cm³/mol. The number of nitrogens with zero attached hydrogens (tertiary/aromatic N) is 3. The van der Waals surface area contributed by atoms with Gasteiger partial charge in [0.25, 0.3) is 0 Å². The summed E-state index contributed by atoms with van der Waals surface area (Å²) in [6.45, 7) is 3.41. The molecule has 4 nitrogen and oxygen atoms in total. The Balaban J connectivity index is 1.36. The second-order valence-electron chi connectivity index (χ2n) is 7.75. The Morgan fingerprint density at radius 1 is 1.15 bits per heavy atom. The molecular formula is C19H20F3N3O. The third kappa shape index (κ3) is 2.84. The van der Waals surface area contributed by atoms with E-state index in [9.17, 15) is 18.3 Å². The van der Waals surface area contributed by atoms with Crippen LogP contribution in [0.15, 0.2) is 42.9 Å². The SMILES string of the molecule is CC(O)(c1cccnc1)C1CC2(C1)CN(c1ccc(C(F)(F)F)nc1)C2. The van der Waals surface area contributed by atoms with E-state index in [0.29, 0.717) is 5.69 Å². The molecule has 7 heteroatoms. The van der Waals surface area contributed by atoms with Gasteiger partial charge in [-0.1, -0.05) is 6.07 Å². The number of pyridine rings is 2. The minimum Gasteiger partial charge on any atom is -0.385 e. The van der Waals surface area contributed by atoms with E-state index >= 15 is 0 Å². The van der Waals surface area contributed by atoms with Crippen molar-refractivity contribution >= 4 is 5.69 Å². The van der Waals surface area contributed by atoms with Gasteiger partial charge < -0.3 is 10.0 Å². The molecule has 1 saturated heterocycles. The molecule has 2 aromatic rings. The van der Waals surface area contributed by atoms with Gasteiger partial charge in [0, 0.05) is 36.5 Å². The molecule has 1 aliphatic heterocycles. The molecular weight excluding hydrogens is 343 g/mol. The summed E-state index contributed by atoms with van der Waals surface area (Å²) < 4.78 is 37.8. The van der Waals surface area contributed by atoms with Crippen LogP contribution in [0, 0.1) is 11.3 Å². The molecule has 1 saturated carbocycles. The summed E-state index contributed by atoms with van der Waals surface area (Å²) in [5.41, 5.74) is -0.0862. The summed E-state index contributed by atoms with van der Waals surface area (Å²) >= 11 is 0. The summed E-state index contributed by atoms with van der Waals surface area (Å²) in [5.74, 6) is 0.166. The molecule has 26 heavy (non-hydrogen) atoms. The molecule has 2 aromatic heterocycles. The van der Waals surface area contributed by atoms with Gasteiger partial charge in [-0.05, 0) is 43.9 Å². The number of anilines is 1. The van der Waals surface area contributed by atoms with Gasteiger partial charge in [0.15, 0.2) is 0 Å². The van der Waals surface area contributed by atoms with E-state index in [1.165, 1.54) is 12.3 Å². The summed E-state index contributed by atoms with van der Waals surface area (Å²) in [6.07, 6.45) is 2.07. The maximum atomic E-state index is 12.6. The van der Waals surface area contributed by atoms with E-state index in [1.54, 1.807) is 12.4 Å². The Bertz CT molecular complexity index is 776. The van der Waals surface area contributed by atoms with E-state index in [4.69, 9.17) is 0 Å². The topological polar surface area (TPSA) is 49.3 Å². The number of aliphatic hydroxyl groups is 1. The minimum absolute atomic E-state index is 0.152. The zero-order chi connectivity index (χ0) is 18.6. The number of hydrogen-bond acceptors (Lipinski definition) is 4. The smallest absolute Gasteiger partial charge is 0.385 e. The van der Waals surface area contributed by atoms with Gasteiger partial charge in [-0.2, -0.15) is 13.2 Å². The highest BCUT2D eigenvalue weighted by atomic mass is 19.4. The van der Waals surface area contributed by atoms with Crippen molar-refractivity contribution < 1.29 is 18.3 Å². The molecule has 2 fully saturated rings. The average molecular weight is 363 g/mol.